The van der Waals surface area contributed by atoms with Gasteiger partial charge in [-0.15, -0.1) is 0 Å². The first-order valence-corrected chi connectivity index (χ1v) is 14.3. The molecule has 0 aromatic carbocycles. The molecule has 0 bridgehead atoms. The van der Waals surface area contributed by atoms with Crippen LogP contribution in [0, 0.1) is 0 Å². The summed E-state index contributed by atoms with van der Waals surface area (Å²) in [6.45, 7) is 22.7. The fourth-order valence-corrected chi connectivity index (χ4v) is 3.47. The molecule has 0 aliphatic rings. The number of rotatable bonds is 7. The van der Waals surface area contributed by atoms with Gasteiger partial charge in [0.05, 0.1) is 0 Å². The maximum atomic E-state index is 12.0. The number of unbranched alkanes of at least 4 members (excludes halogenated alkanes) is 1. The van der Waals surface area contributed by atoms with E-state index < -0.39 is 16.6 Å². The van der Waals surface area contributed by atoms with E-state index in [-0.39, 0.29) is 16.0 Å². The highest BCUT2D eigenvalue weighted by Gasteiger charge is 2.40. The molecule has 132 valence electrons. The molecule has 0 aromatic heterocycles. The Morgan fingerprint density at radius 3 is 1.68 bits per heavy atom. The van der Waals surface area contributed by atoms with Gasteiger partial charge in [-0.25, -0.2) is 0 Å². The Morgan fingerprint density at radius 1 is 0.818 bits per heavy atom. The van der Waals surface area contributed by atoms with E-state index in [1.165, 1.54) is 0 Å². The van der Waals surface area contributed by atoms with Gasteiger partial charge >= 0.3 is 0 Å². The maximum Gasteiger partial charge on any atom is 0.292 e. The van der Waals surface area contributed by atoms with Crippen molar-refractivity contribution in [3.8, 4) is 0 Å². The lowest BCUT2D eigenvalue weighted by atomic mass is 10.2. The van der Waals surface area contributed by atoms with Crippen molar-refractivity contribution in [3.63, 3.8) is 0 Å². The number of carbonyl (C=O) groups is 1. The fraction of sp³-hybridized carbons (Fsp3) is 0.941. The zero-order valence-corrected chi connectivity index (χ0v) is 18.6. The molecule has 0 aromatic rings. The minimum atomic E-state index is -1.97. The van der Waals surface area contributed by atoms with Gasteiger partial charge in [0.15, 0.2) is 8.32 Å². The Bertz CT molecular complexity index is 363. The Hall–Kier alpha value is -0.136. The van der Waals surface area contributed by atoms with Gasteiger partial charge in [0, 0.05) is 13.0 Å². The molecule has 22 heavy (non-hydrogen) atoms. The molecule has 0 radical (unpaired) electrons. The molecule has 0 N–H and O–H groups in total. The number of carbonyl (C=O) groups excluding carboxylic acids is 1. The van der Waals surface area contributed by atoms with Gasteiger partial charge in [0.2, 0.25) is 0 Å². The second kappa shape index (κ2) is 7.62. The van der Waals surface area contributed by atoms with Crippen molar-refractivity contribution in [2.24, 2.45) is 0 Å². The summed E-state index contributed by atoms with van der Waals surface area (Å²) in [6, 6.07) is 0. The second-order valence-electron chi connectivity index (χ2n) is 9.30. The van der Waals surface area contributed by atoms with Gasteiger partial charge in [0.25, 0.3) is 14.3 Å². The van der Waals surface area contributed by atoms with Crippen molar-refractivity contribution >= 4 is 22.6 Å². The third-order valence-corrected chi connectivity index (χ3v) is 14.1. The monoisotopic (exact) mass is 346 g/mol. The van der Waals surface area contributed by atoms with Crippen LogP contribution in [0.4, 0.5) is 0 Å². The summed E-state index contributed by atoms with van der Waals surface area (Å²) in [5.41, 5.74) is 0. The van der Waals surface area contributed by atoms with Crippen LogP contribution in [-0.2, 0) is 13.6 Å². The largest absolute Gasteiger partial charge is 0.519 e. The Morgan fingerprint density at radius 2 is 1.27 bits per heavy atom. The summed E-state index contributed by atoms with van der Waals surface area (Å²) in [5, 5.41) is 0.322. The number of hydrogen-bond donors (Lipinski definition) is 0. The van der Waals surface area contributed by atoms with Crippen molar-refractivity contribution in [1.82, 2.24) is 0 Å². The molecule has 0 rings (SSSR count). The lowest BCUT2D eigenvalue weighted by Crippen LogP contribution is -2.42. The molecule has 0 atom stereocenters. The highest BCUT2D eigenvalue weighted by atomic mass is 28.4. The minimum absolute atomic E-state index is 0.0427. The van der Waals surface area contributed by atoms with E-state index in [0.29, 0.717) is 6.42 Å². The van der Waals surface area contributed by atoms with E-state index in [2.05, 4.69) is 67.7 Å². The Kier molecular flexibility index (Phi) is 7.58. The lowest BCUT2D eigenvalue weighted by Gasteiger charge is -2.36. The summed E-state index contributed by atoms with van der Waals surface area (Å²) < 4.78 is 11.9. The van der Waals surface area contributed by atoms with Crippen LogP contribution in [0.15, 0.2) is 0 Å². The zero-order valence-electron chi connectivity index (χ0n) is 16.6. The summed E-state index contributed by atoms with van der Waals surface area (Å²) in [4.78, 5) is 12.0. The normalized spacial score (nSPS) is 14.1. The van der Waals surface area contributed by atoms with E-state index in [0.717, 1.165) is 19.4 Å². The molecule has 0 unspecified atom stereocenters. The van der Waals surface area contributed by atoms with Crippen LogP contribution < -0.4 is 0 Å². The van der Waals surface area contributed by atoms with Crippen LogP contribution in [0.1, 0.15) is 60.8 Å². The molecule has 0 aliphatic heterocycles. The predicted octanol–water partition coefficient (Wildman–Crippen LogP) is 5.73. The third-order valence-electron chi connectivity index (χ3n) is 5.22. The van der Waals surface area contributed by atoms with Crippen molar-refractivity contribution in [2.45, 2.75) is 97.1 Å². The van der Waals surface area contributed by atoms with Crippen LogP contribution in [-0.4, -0.2) is 29.2 Å². The third kappa shape index (κ3) is 6.96. The van der Waals surface area contributed by atoms with Crippen LogP contribution in [0.2, 0.25) is 36.3 Å². The summed E-state index contributed by atoms with van der Waals surface area (Å²) in [6.07, 6.45) is 2.29. The quantitative estimate of drug-likeness (QED) is 0.436. The van der Waals surface area contributed by atoms with Crippen LogP contribution in [0.3, 0.4) is 0 Å². The van der Waals surface area contributed by atoms with Crippen molar-refractivity contribution in [2.75, 3.05) is 6.61 Å². The lowest BCUT2D eigenvalue weighted by molar-refractivity contribution is -0.135. The van der Waals surface area contributed by atoms with Gasteiger partial charge in [-0.2, -0.15) is 0 Å². The molecule has 5 heteroatoms. The summed E-state index contributed by atoms with van der Waals surface area (Å²) in [7, 11) is -3.62. The Labute approximate surface area is 140 Å². The molecule has 0 saturated carbocycles. The Balaban J connectivity index is 4.07. The molecule has 0 amide bonds. The summed E-state index contributed by atoms with van der Waals surface area (Å²) in [5.74, 6) is -0.0427. The molecule has 0 fully saturated rings. The second-order valence-corrected chi connectivity index (χ2v) is 18.8. The van der Waals surface area contributed by atoms with Crippen LogP contribution in [0.25, 0.3) is 0 Å². The first-order chi connectivity index (χ1) is 9.60. The van der Waals surface area contributed by atoms with Gasteiger partial charge in [-0.3, -0.25) is 4.79 Å². The molecule has 0 spiro atoms. The molecule has 3 nitrogen and oxygen atoms in total. The zero-order chi connectivity index (χ0) is 17.8. The highest BCUT2D eigenvalue weighted by molar-refractivity contribution is 6.75. The van der Waals surface area contributed by atoms with E-state index in [1.54, 1.807) is 0 Å². The SMILES string of the molecule is CC(C)(C)[Si](C)(C)OCCCCC(=O)O[Si](C)(C)C(C)(C)C. The van der Waals surface area contributed by atoms with Gasteiger partial charge in [0.1, 0.15) is 0 Å². The van der Waals surface area contributed by atoms with E-state index in [1.807, 2.05) is 0 Å². The van der Waals surface area contributed by atoms with Crippen LogP contribution in [0.5, 0.6) is 0 Å². The van der Waals surface area contributed by atoms with E-state index in [4.69, 9.17) is 8.85 Å². The van der Waals surface area contributed by atoms with Gasteiger partial charge < -0.3 is 8.85 Å². The predicted molar refractivity (Wildman–Crippen MR) is 100 cm³/mol. The minimum Gasteiger partial charge on any atom is -0.519 e. The average molecular weight is 347 g/mol. The smallest absolute Gasteiger partial charge is 0.292 e. The number of hydrogen-bond acceptors (Lipinski definition) is 3. The average Bonchev–Trinajstić information content (AvgIpc) is 2.24. The van der Waals surface area contributed by atoms with Gasteiger partial charge in [-0.1, -0.05) is 41.5 Å². The standard InChI is InChI=1S/C17H38O3Si2/c1-16(2,3)21(7,8)19-14-12-11-13-15(18)20-22(9,10)17(4,5)6/h11-14H2,1-10H3. The van der Waals surface area contributed by atoms with E-state index >= 15 is 0 Å². The molecule has 0 aliphatic carbocycles. The van der Waals surface area contributed by atoms with Gasteiger partial charge in [-0.05, 0) is 49.1 Å². The van der Waals surface area contributed by atoms with E-state index in [9.17, 15) is 4.79 Å². The molecular formula is C17H38O3Si2. The van der Waals surface area contributed by atoms with Crippen molar-refractivity contribution < 1.29 is 13.6 Å². The maximum absolute atomic E-state index is 12.0. The van der Waals surface area contributed by atoms with Crippen molar-refractivity contribution in [1.29, 1.82) is 0 Å². The van der Waals surface area contributed by atoms with Crippen LogP contribution >= 0.6 is 0 Å². The topological polar surface area (TPSA) is 35.5 Å². The van der Waals surface area contributed by atoms with Crippen molar-refractivity contribution in [3.05, 3.63) is 0 Å². The molecule has 0 heterocycles. The molecule has 0 saturated heterocycles. The fourth-order valence-electron chi connectivity index (χ4n) is 1.40. The first kappa shape index (κ1) is 21.9. The first-order valence-electron chi connectivity index (χ1n) is 8.46. The molecular weight excluding hydrogens is 308 g/mol. The highest BCUT2D eigenvalue weighted by Crippen LogP contribution is 2.37. The summed E-state index contributed by atoms with van der Waals surface area (Å²) >= 11 is 0.